The van der Waals surface area contributed by atoms with E-state index in [0.29, 0.717) is 21.3 Å². The van der Waals surface area contributed by atoms with Gasteiger partial charge < -0.3 is 10.6 Å². The van der Waals surface area contributed by atoms with Gasteiger partial charge in [0.25, 0.3) is 0 Å². The minimum absolute atomic E-state index is 0.114. The first-order chi connectivity index (χ1) is 11.1. The predicted molar refractivity (Wildman–Crippen MR) is 93.5 cm³/mol. The molecule has 2 aromatic carbocycles. The highest BCUT2D eigenvalue weighted by atomic mass is 35.5. The number of carbonyl (C=O) groups excluding carboxylic acids is 1. The summed E-state index contributed by atoms with van der Waals surface area (Å²) in [6.45, 7) is 0.114. The van der Waals surface area contributed by atoms with Crippen LogP contribution in [0.15, 0.2) is 54.1 Å². The van der Waals surface area contributed by atoms with E-state index in [-0.39, 0.29) is 6.54 Å². The van der Waals surface area contributed by atoms with E-state index in [1.807, 2.05) is 30.3 Å². The lowest BCUT2D eigenvalue weighted by Crippen LogP contribution is -2.30. The van der Waals surface area contributed by atoms with Gasteiger partial charge in [-0.25, -0.2) is 4.79 Å². The van der Waals surface area contributed by atoms with Gasteiger partial charge in [0.1, 0.15) is 0 Å². The number of nitrogens with zero attached hydrogens (tertiary/aromatic N) is 1. The highest BCUT2D eigenvalue weighted by Gasteiger charge is 2.06. The van der Waals surface area contributed by atoms with Gasteiger partial charge in [-0.3, -0.25) is 0 Å². The van der Waals surface area contributed by atoms with E-state index >= 15 is 0 Å². The lowest BCUT2D eigenvalue weighted by molar-refractivity contribution is 0.253. The first kappa shape index (κ1) is 16.9. The Labute approximate surface area is 144 Å². The first-order valence-corrected chi connectivity index (χ1v) is 7.49. The molecule has 0 aromatic heterocycles. The van der Waals surface area contributed by atoms with Gasteiger partial charge in [0.15, 0.2) is 0 Å². The van der Waals surface area contributed by atoms with Crippen molar-refractivity contribution in [1.29, 1.82) is 5.26 Å². The molecule has 116 valence electrons. The van der Waals surface area contributed by atoms with Crippen LogP contribution in [-0.2, 0) is 0 Å². The van der Waals surface area contributed by atoms with Gasteiger partial charge in [-0.05, 0) is 29.8 Å². The van der Waals surface area contributed by atoms with Crippen molar-refractivity contribution < 1.29 is 4.79 Å². The number of rotatable bonds is 4. The zero-order valence-corrected chi connectivity index (χ0v) is 13.5. The molecule has 0 unspecified atom stereocenters. The number of urea groups is 1. The lowest BCUT2D eigenvalue weighted by atomic mass is 10.1. The molecule has 0 atom stereocenters. The van der Waals surface area contributed by atoms with Crippen LogP contribution < -0.4 is 10.6 Å². The smallest absolute Gasteiger partial charge is 0.319 e. The average molecular weight is 346 g/mol. The van der Waals surface area contributed by atoms with E-state index in [1.54, 1.807) is 18.2 Å². The highest BCUT2D eigenvalue weighted by Crippen LogP contribution is 2.25. The van der Waals surface area contributed by atoms with Crippen molar-refractivity contribution >= 4 is 41.0 Å². The molecule has 0 heterocycles. The molecule has 0 spiro atoms. The van der Waals surface area contributed by atoms with Crippen LogP contribution in [0.2, 0.25) is 10.0 Å². The number of amides is 2. The number of halogens is 2. The Morgan fingerprint density at radius 3 is 2.57 bits per heavy atom. The second kappa shape index (κ2) is 8.23. The third-order valence-electron chi connectivity index (χ3n) is 2.90. The summed E-state index contributed by atoms with van der Waals surface area (Å²) < 4.78 is 0. The summed E-state index contributed by atoms with van der Waals surface area (Å²) in [7, 11) is 0. The maximum absolute atomic E-state index is 11.9. The number of nitrogens with one attached hydrogen (secondary N) is 2. The van der Waals surface area contributed by atoms with Crippen molar-refractivity contribution in [3.8, 4) is 6.07 Å². The molecule has 0 saturated carbocycles. The second-order valence-electron chi connectivity index (χ2n) is 4.62. The third-order valence-corrected chi connectivity index (χ3v) is 3.45. The number of hydrogen-bond donors (Lipinski definition) is 2. The maximum Gasteiger partial charge on any atom is 0.319 e. The molecule has 0 aliphatic carbocycles. The normalized spacial score (nSPS) is 10.7. The predicted octanol–water partition coefficient (Wildman–Crippen LogP) is 4.72. The molecular weight excluding hydrogens is 333 g/mol. The van der Waals surface area contributed by atoms with Crippen molar-refractivity contribution in [3.63, 3.8) is 0 Å². The Hall–Kier alpha value is -2.48. The molecule has 2 amide bonds. The molecule has 0 bridgehead atoms. The summed E-state index contributed by atoms with van der Waals surface area (Å²) in [5.74, 6) is 0. The molecule has 4 nitrogen and oxygen atoms in total. The molecule has 2 N–H and O–H groups in total. The SMILES string of the molecule is N#C/C(=C/c1ccccc1)CNC(=O)Nc1ccc(Cl)cc1Cl. The number of nitriles is 1. The van der Waals surface area contributed by atoms with E-state index < -0.39 is 6.03 Å². The molecule has 0 saturated heterocycles. The zero-order chi connectivity index (χ0) is 16.7. The van der Waals surface area contributed by atoms with Gasteiger partial charge in [0.05, 0.1) is 23.3 Å². The molecule has 0 aliphatic rings. The van der Waals surface area contributed by atoms with Gasteiger partial charge in [0, 0.05) is 10.6 Å². The Morgan fingerprint density at radius 2 is 1.91 bits per heavy atom. The second-order valence-corrected chi connectivity index (χ2v) is 5.47. The van der Waals surface area contributed by atoms with Crippen molar-refractivity contribution in [2.24, 2.45) is 0 Å². The fourth-order valence-electron chi connectivity index (χ4n) is 1.81. The van der Waals surface area contributed by atoms with Crippen molar-refractivity contribution in [2.75, 3.05) is 11.9 Å². The van der Waals surface area contributed by atoms with Crippen LogP contribution in [0.25, 0.3) is 6.08 Å². The number of carbonyl (C=O) groups is 1. The first-order valence-electron chi connectivity index (χ1n) is 6.74. The minimum Gasteiger partial charge on any atom is -0.333 e. The standard InChI is InChI=1S/C17H13Cl2N3O/c18-14-6-7-16(15(19)9-14)22-17(23)21-11-13(10-20)8-12-4-2-1-3-5-12/h1-9H,11H2,(H2,21,22,23)/b13-8-. The molecule has 6 heteroatoms. The van der Waals surface area contributed by atoms with Crippen LogP contribution in [0, 0.1) is 11.3 Å². The summed E-state index contributed by atoms with van der Waals surface area (Å²) in [6, 6.07) is 15.8. The van der Waals surface area contributed by atoms with E-state index in [2.05, 4.69) is 16.7 Å². The summed E-state index contributed by atoms with van der Waals surface area (Å²) in [6.07, 6.45) is 1.72. The molecule has 0 radical (unpaired) electrons. The molecule has 2 aromatic rings. The summed E-state index contributed by atoms with van der Waals surface area (Å²) >= 11 is 11.8. The van der Waals surface area contributed by atoms with Gasteiger partial charge in [-0.2, -0.15) is 5.26 Å². The number of anilines is 1. The van der Waals surface area contributed by atoms with Crippen molar-refractivity contribution in [2.45, 2.75) is 0 Å². The summed E-state index contributed by atoms with van der Waals surface area (Å²) in [5.41, 5.74) is 1.78. The highest BCUT2D eigenvalue weighted by molar-refractivity contribution is 6.36. The average Bonchev–Trinajstić information content (AvgIpc) is 2.55. The van der Waals surface area contributed by atoms with Crippen LogP contribution >= 0.6 is 23.2 Å². The Bertz CT molecular complexity index is 767. The van der Waals surface area contributed by atoms with E-state index in [0.717, 1.165) is 5.56 Å². The summed E-state index contributed by atoms with van der Waals surface area (Å²) in [5, 5.41) is 15.2. The van der Waals surface area contributed by atoms with Gasteiger partial charge in [0.2, 0.25) is 0 Å². The van der Waals surface area contributed by atoms with Crippen LogP contribution in [-0.4, -0.2) is 12.6 Å². The van der Waals surface area contributed by atoms with Gasteiger partial charge in [-0.15, -0.1) is 0 Å². The largest absolute Gasteiger partial charge is 0.333 e. The Morgan fingerprint density at radius 1 is 1.17 bits per heavy atom. The summed E-state index contributed by atoms with van der Waals surface area (Å²) in [4.78, 5) is 11.9. The fraction of sp³-hybridized carbons (Fsp3) is 0.0588. The van der Waals surface area contributed by atoms with Crippen LogP contribution in [0.3, 0.4) is 0 Å². The van der Waals surface area contributed by atoms with E-state index in [4.69, 9.17) is 28.5 Å². The van der Waals surface area contributed by atoms with Crippen LogP contribution in [0.1, 0.15) is 5.56 Å². The third kappa shape index (κ3) is 5.33. The van der Waals surface area contributed by atoms with Crippen molar-refractivity contribution in [1.82, 2.24) is 5.32 Å². The van der Waals surface area contributed by atoms with Crippen LogP contribution in [0.4, 0.5) is 10.5 Å². The molecule has 0 aliphatic heterocycles. The number of benzene rings is 2. The molecular formula is C17H13Cl2N3O. The maximum atomic E-state index is 11.9. The molecule has 23 heavy (non-hydrogen) atoms. The Kier molecular flexibility index (Phi) is 6.04. The van der Waals surface area contributed by atoms with Gasteiger partial charge >= 0.3 is 6.03 Å². The van der Waals surface area contributed by atoms with E-state index in [9.17, 15) is 4.79 Å². The van der Waals surface area contributed by atoms with E-state index in [1.165, 1.54) is 6.07 Å². The quantitative estimate of drug-likeness (QED) is 0.787. The topological polar surface area (TPSA) is 64.9 Å². The number of hydrogen-bond acceptors (Lipinski definition) is 2. The fourth-order valence-corrected chi connectivity index (χ4v) is 2.26. The Balaban J connectivity index is 1.95. The van der Waals surface area contributed by atoms with Gasteiger partial charge in [-0.1, -0.05) is 53.5 Å². The minimum atomic E-state index is -0.455. The molecule has 2 rings (SSSR count). The zero-order valence-electron chi connectivity index (χ0n) is 12.0. The van der Waals surface area contributed by atoms with Crippen LogP contribution in [0.5, 0.6) is 0 Å². The van der Waals surface area contributed by atoms with Crippen molar-refractivity contribution in [3.05, 3.63) is 69.7 Å². The molecule has 0 fully saturated rings. The monoisotopic (exact) mass is 345 g/mol. The lowest BCUT2D eigenvalue weighted by Gasteiger charge is -2.09.